The van der Waals surface area contributed by atoms with Crippen LogP contribution in [0.15, 0.2) is 54.6 Å². The van der Waals surface area contributed by atoms with E-state index in [1.807, 2.05) is 30.3 Å². The highest BCUT2D eigenvalue weighted by Crippen LogP contribution is 2.36. The van der Waals surface area contributed by atoms with Gasteiger partial charge in [-0.2, -0.15) is 0 Å². The van der Waals surface area contributed by atoms with Crippen molar-refractivity contribution in [2.45, 2.75) is 63.1 Å². The average molecular weight is 471 g/mol. The lowest BCUT2D eigenvalue weighted by Gasteiger charge is -2.28. The maximum Gasteiger partial charge on any atom is 0.194 e. The van der Waals surface area contributed by atoms with E-state index in [0.717, 1.165) is 22.8 Å². The van der Waals surface area contributed by atoms with Crippen LogP contribution in [0.4, 0.5) is 17.6 Å². The van der Waals surface area contributed by atoms with Gasteiger partial charge in [0.05, 0.1) is 0 Å². The van der Waals surface area contributed by atoms with Gasteiger partial charge in [-0.3, -0.25) is 0 Å². The highest BCUT2D eigenvalue weighted by molar-refractivity contribution is 6.59. The van der Waals surface area contributed by atoms with E-state index in [1.54, 1.807) is 6.07 Å². The molecule has 5 heteroatoms. The lowest BCUT2D eigenvalue weighted by molar-refractivity contribution is 0.441. The molecule has 0 spiro atoms. The molecule has 0 aromatic heterocycles. The highest BCUT2D eigenvalue weighted by Gasteiger charge is 2.23. The van der Waals surface area contributed by atoms with E-state index in [1.165, 1.54) is 43.5 Å². The second-order valence-electron chi connectivity index (χ2n) is 9.28. The maximum atomic E-state index is 15.0. The van der Waals surface area contributed by atoms with Crippen LogP contribution < -0.4 is 0 Å². The van der Waals surface area contributed by atoms with Crippen molar-refractivity contribution in [1.29, 1.82) is 0 Å². The van der Waals surface area contributed by atoms with Crippen molar-refractivity contribution in [1.82, 2.24) is 0 Å². The molecule has 3 aromatic rings. The predicted octanol–water partition coefficient (Wildman–Crippen LogP) is 8.21. The largest absolute Gasteiger partial charge is 0.206 e. The minimum atomic E-state index is -1.43. The Hall–Kier alpha value is -2.40. The van der Waals surface area contributed by atoms with Crippen molar-refractivity contribution in [2.24, 2.45) is 0 Å². The fraction of sp³-hybridized carbons (Fsp3) is 0.357. The van der Waals surface area contributed by atoms with E-state index >= 15 is 0 Å². The topological polar surface area (TPSA) is 0 Å². The minimum absolute atomic E-state index is 0.144. The molecule has 1 saturated heterocycles. The van der Waals surface area contributed by atoms with Gasteiger partial charge in [0.2, 0.25) is 0 Å². The molecule has 0 radical (unpaired) electrons. The van der Waals surface area contributed by atoms with Gasteiger partial charge in [-0.1, -0.05) is 73.9 Å². The van der Waals surface area contributed by atoms with E-state index in [9.17, 15) is 17.6 Å². The Kier molecular flexibility index (Phi) is 7.69. The molecule has 4 rings (SSSR count). The Morgan fingerprint density at radius 1 is 0.788 bits per heavy atom. The molecule has 0 aliphatic carbocycles. The molecule has 0 atom stereocenters. The van der Waals surface area contributed by atoms with Gasteiger partial charge < -0.3 is 0 Å². The number of aryl methyl sites for hydroxylation is 2. The Balaban J connectivity index is 1.40. The summed E-state index contributed by atoms with van der Waals surface area (Å²) in [6.45, 7) is 2.27. The van der Waals surface area contributed by atoms with Crippen LogP contribution >= 0.6 is 0 Å². The number of benzene rings is 3. The summed E-state index contributed by atoms with van der Waals surface area (Å²) in [6, 6.07) is 19.5. The van der Waals surface area contributed by atoms with Gasteiger partial charge in [-0.15, -0.1) is 0 Å². The third kappa shape index (κ3) is 5.57. The van der Waals surface area contributed by atoms with Gasteiger partial charge in [-0.05, 0) is 66.0 Å². The first kappa shape index (κ1) is 23.7. The molecule has 0 unspecified atom stereocenters. The summed E-state index contributed by atoms with van der Waals surface area (Å²) < 4.78 is 55.3. The lowest BCUT2D eigenvalue weighted by atomic mass is 9.91. The lowest BCUT2D eigenvalue weighted by Crippen LogP contribution is -2.20. The third-order valence-electron chi connectivity index (χ3n) is 7.07. The predicted molar refractivity (Wildman–Crippen MR) is 129 cm³/mol. The summed E-state index contributed by atoms with van der Waals surface area (Å²) in [5, 5.41) is 0. The Bertz CT molecular complexity index is 1090. The molecule has 1 aliphatic heterocycles. The van der Waals surface area contributed by atoms with Crippen LogP contribution in [0.3, 0.4) is 0 Å². The second kappa shape index (κ2) is 10.7. The molecule has 1 fully saturated rings. The summed E-state index contributed by atoms with van der Waals surface area (Å²) >= 11 is 0. The highest BCUT2D eigenvalue weighted by atomic mass is 28.3. The Morgan fingerprint density at radius 2 is 1.52 bits per heavy atom. The van der Waals surface area contributed by atoms with E-state index in [4.69, 9.17) is 0 Å². The molecule has 0 saturated carbocycles. The number of hydrogen-bond donors (Lipinski definition) is 0. The Labute approximate surface area is 195 Å². The molecule has 33 heavy (non-hydrogen) atoms. The smallest absolute Gasteiger partial charge is 0.194 e. The molecule has 0 amide bonds. The van der Waals surface area contributed by atoms with Gasteiger partial charge in [0.1, 0.15) is 5.82 Å². The zero-order chi connectivity index (χ0) is 23.4. The molecule has 3 aromatic carbocycles. The summed E-state index contributed by atoms with van der Waals surface area (Å²) in [7, 11) is -0.548. The van der Waals surface area contributed by atoms with Crippen LogP contribution in [-0.2, 0) is 12.8 Å². The SMILES string of the molecule is CCC[Si@H]1CC[C@H](c2ccc(-c3ccc(CCc4ccc(F)c(F)c4F)cc3)c(F)c2)CC1. The Morgan fingerprint density at radius 3 is 2.18 bits per heavy atom. The molecule has 1 heterocycles. The van der Waals surface area contributed by atoms with Gasteiger partial charge >= 0.3 is 0 Å². The van der Waals surface area contributed by atoms with Crippen molar-refractivity contribution in [3.8, 4) is 11.1 Å². The van der Waals surface area contributed by atoms with E-state index in [-0.39, 0.29) is 17.8 Å². The zero-order valence-electron chi connectivity index (χ0n) is 19.0. The van der Waals surface area contributed by atoms with Gasteiger partial charge in [0.15, 0.2) is 17.5 Å². The normalized spacial score (nSPS) is 18.5. The third-order valence-corrected chi connectivity index (χ3v) is 10.8. The van der Waals surface area contributed by atoms with Gasteiger partial charge in [-0.25, -0.2) is 17.6 Å². The first-order valence-electron chi connectivity index (χ1n) is 12.0. The standard InChI is InChI=1S/C28H30F4Si/c1-2-15-33-16-13-20(14-17-33)23-9-11-24(26(30)18-23)21-6-3-19(4-7-21)5-8-22-10-12-25(29)28(32)27(22)31/h3-4,6-7,9-12,18,20,33H,2,5,8,13-17H2,1H3/t20-,33-. The van der Waals surface area contributed by atoms with E-state index in [2.05, 4.69) is 13.0 Å². The summed E-state index contributed by atoms with van der Waals surface area (Å²) in [5.41, 5.74) is 3.55. The van der Waals surface area contributed by atoms with Gasteiger partial charge in [0, 0.05) is 14.4 Å². The number of rotatable bonds is 7. The molecule has 1 aliphatic rings. The summed E-state index contributed by atoms with van der Waals surface area (Å²) in [5.74, 6) is -3.46. The minimum Gasteiger partial charge on any atom is -0.206 e. The van der Waals surface area contributed by atoms with Crippen molar-refractivity contribution < 1.29 is 17.6 Å². The summed E-state index contributed by atoms with van der Waals surface area (Å²) in [4.78, 5) is 0. The molecule has 0 N–H and O–H groups in total. The second-order valence-corrected chi connectivity index (χ2v) is 12.7. The van der Waals surface area contributed by atoms with Crippen LogP contribution in [-0.4, -0.2) is 8.80 Å². The first-order valence-corrected chi connectivity index (χ1v) is 14.4. The number of halogens is 4. The fourth-order valence-electron chi connectivity index (χ4n) is 5.10. The van der Waals surface area contributed by atoms with Crippen LogP contribution in [0.25, 0.3) is 11.1 Å². The molecular weight excluding hydrogens is 440 g/mol. The zero-order valence-corrected chi connectivity index (χ0v) is 20.2. The van der Waals surface area contributed by atoms with Crippen LogP contribution in [0.1, 0.15) is 48.8 Å². The first-order chi connectivity index (χ1) is 16.0. The molecule has 174 valence electrons. The molecule has 0 nitrogen and oxygen atoms in total. The summed E-state index contributed by atoms with van der Waals surface area (Å²) in [6.07, 6.45) is 4.43. The quantitative estimate of drug-likeness (QED) is 0.185. The van der Waals surface area contributed by atoms with Crippen LogP contribution in [0, 0.1) is 23.3 Å². The molecule has 0 bridgehead atoms. The van der Waals surface area contributed by atoms with E-state index < -0.39 is 26.2 Å². The maximum absolute atomic E-state index is 15.0. The van der Waals surface area contributed by atoms with Crippen LogP contribution in [0.5, 0.6) is 0 Å². The van der Waals surface area contributed by atoms with Crippen molar-refractivity contribution in [2.75, 3.05) is 0 Å². The van der Waals surface area contributed by atoms with Crippen molar-refractivity contribution in [3.05, 3.63) is 94.6 Å². The van der Waals surface area contributed by atoms with Crippen molar-refractivity contribution in [3.63, 3.8) is 0 Å². The van der Waals surface area contributed by atoms with E-state index in [0.29, 0.717) is 17.9 Å². The van der Waals surface area contributed by atoms with Crippen LogP contribution in [0.2, 0.25) is 18.1 Å². The van der Waals surface area contributed by atoms with Gasteiger partial charge in [0.25, 0.3) is 0 Å². The average Bonchev–Trinajstić information content (AvgIpc) is 2.83. The number of hydrogen-bond acceptors (Lipinski definition) is 0. The monoisotopic (exact) mass is 470 g/mol. The molecular formula is C28H30F4Si. The fourth-order valence-corrected chi connectivity index (χ4v) is 8.53. The van der Waals surface area contributed by atoms with Crippen molar-refractivity contribution >= 4 is 8.80 Å².